The maximum absolute atomic E-state index is 13.5. The van der Waals surface area contributed by atoms with Gasteiger partial charge in [-0.2, -0.15) is 13.2 Å². The lowest BCUT2D eigenvalue weighted by atomic mass is 9.86. The van der Waals surface area contributed by atoms with Crippen molar-refractivity contribution in [2.75, 3.05) is 13.1 Å². The normalized spacial score (nSPS) is 24.0. The Morgan fingerprint density at radius 1 is 1.35 bits per heavy atom. The first-order valence-electron chi connectivity index (χ1n) is 6.02. The molecule has 1 aliphatic heterocycles. The number of halogens is 4. The second kappa shape index (κ2) is 5.05. The summed E-state index contributed by atoms with van der Waals surface area (Å²) in [6.07, 6.45) is -5.33. The highest BCUT2D eigenvalue weighted by Gasteiger charge is 2.63. The number of carbonyl (C=O) groups is 1. The Morgan fingerprint density at radius 2 is 2.00 bits per heavy atom. The predicted molar refractivity (Wildman–Crippen MR) is 62.4 cm³/mol. The van der Waals surface area contributed by atoms with E-state index in [1.54, 1.807) is 6.07 Å². The molecule has 0 amide bonds. The van der Waals surface area contributed by atoms with Gasteiger partial charge in [-0.3, -0.25) is 9.69 Å². The Bertz CT molecular complexity index is 517. The molecule has 1 aromatic carbocycles. The molecule has 2 rings (SSSR count). The monoisotopic (exact) mass is 291 g/mol. The van der Waals surface area contributed by atoms with Gasteiger partial charge in [-0.25, -0.2) is 4.39 Å². The number of benzene rings is 1. The number of hydrogen-bond acceptors (Lipinski definition) is 2. The summed E-state index contributed by atoms with van der Waals surface area (Å²) >= 11 is 0. The summed E-state index contributed by atoms with van der Waals surface area (Å²) in [5, 5.41) is 8.92. The number of alkyl halides is 3. The van der Waals surface area contributed by atoms with Crippen LogP contribution in [0.25, 0.3) is 0 Å². The maximum Gasteiger partial charge on any atom is 0.406 e. The van der Waals surface area contributed by atoms with Crippen LogP contribution in [-0.2, 0) is 11.3 Å². The zero-order valence-corrected chi connectivity index (χ0v) is 10.5. The molecule has 0 aliphatic carbocycles. The smallest absolute Gasteiger partial charge is 0.406 e. The SMILES string of the molecule is O=C(O)C1(C(F)(F)F)CCN(Cc2ccccc2F)C1. The number of hydrogen-bond donors (Lipinski definition) is 1. The summed E-state index contributed by atoms with van der Waals surface area (Å²) in [5.41, 5.74) is -2.49. The number of carboxylic acids is 1. The van der Waals surface area contributed by atoms with Gasteiger partial charge in [0.05, 0.1) is 0 Å². The van der Waals surface area contributed by atoms with Gasteiger partial charge in [-0.05, 0) is 12.5 Å². The lowest BCUT2D eigenvalue weighted by Gasteiger charge is -2.27. The lowest BCUT2D eigenvalue weighted by Crippen LogP contribution is -2.47. The third-order valence-electron chi connectivity index (χ3n) is 3.65. The van der Waals surface area contributed by atoms with Crippen LogP contribution in [0.5, 0.6) is 0 Å². The molecular formula is C13H13F4NO2. The van der Waals surface area contributed by atoms with Gasteiger partial charge in [-0.15, -0.1) is 0 Å². The van der Waals surface area contributed by atoms with Crippen molar-refractivity contribution in [1.82, 2.24) is 4.90 Å². The summed E-state index contributed by atoms with van der Waals surface area (Å²) in [4.78, 5) is 12.3. The third-order valence-corrected chi connectivity index (χ3v) is 3.65. The average molecular weight is 291 g/mol. The quantitative estimate of drug-likeness (QED) is 0.870. The Hall–Kier alpha value is -1.63. The zero-order valence-electron chi connectivity index (χ0n) is 10.5. The highest BCUT2D eigenvalue weighted by molar-refractivity contribution is 5.76. The number of carboxylic acid groups (broad SMARTS) is 1. The summed E-state index contributed by atoms with van der Waals surface area (Å²) in [7, 11) is 0. The van der Waals surface area contributed by atoms with Crippen molar-refractivity contribution >= 4 is 5.97 Å². The lowest BCUT2D eigenvalue weighted by molar-refractivity contribution is -0.227. The molecule has 0 bridgehead atoms. The molecular weight excluding hydrogens is 278 g/mol. The molecule has 7 heteroatoms. The van der Waals surface area contributed by atoms with Crippen LogP contribution in [0.3, 0.4) is 0 Å². The van der Waals surface area contributed by atoms with E-state index >= 15 is 0 Å². The minimum atomic E-state index is -4.82. The molecule has 1 atom stereocenters. The molecule has 20 heavy (non-hydrogen) atoms. The third kappa shape index (κ3) is 2.49. The summed E-state index contributed by atoms with van der Waals surface area (Å²) in [6.45, 7) is -0.710. The fraction of sp³-hybridized carbons (Fsp3) is 0.462. The molecule has 1 fully saturated rings. The van der Waals surface area contributed by atoms with Gasteiger partial charge in [0, 0.05) is 25.2 Å². The van der Waals surface area contributed by atoms with E-state index in [0.29, 0.717) is 0 Å². The minimum absolute atomic E-state index is 0.0276. The van der Waals surface area contributed by atoms with Crippen molar-refractivity contribution in [2.24, 2.45) is 5.41 Å². The van der Waals surface area contributed by atoms with Crippen LogP contribution in [0.1, 0.15) is 12.0 Å². The van der Waals surface area contributed by atoms with E-state index in [1.807, 2.05) is 0 Å². The average Bonchev–Trinajstić information content (AvgIpc) is 2.77. The van der Waals surface area contributed by atoms with E-state index in [1.165, 1.54) is 23.1 Å². The van der Waals surface area contributed by atoms with E-state index in [2.05, 4.69) is 0 Å². The van der Waals surface area contributed by atoms with Crippen LogP contribution < -0.4 is 0 Å². The summed E-state index contributed by atoms with van der Waals surface area (Å²) < 4.78 is 52.4. The van der Waals surface area contributed by atoms with Gasteiger partial charge < -0.3 is 5.11 Å². The molecule has 1 heterocycles. The van der Waals surface area contributed by atoms with Gasteiger partial charge in [0.2, 0.25) is 0 Å². The van der Waals surface area contributed by atoms with E-state index in [0.717, 1.165) is 0 Å². The van der Waals surface area contributed by atoms with Crippen LogP contribution in [-0.4, -0.2) is 35.2 Å². The first-order chi connectivity index (χ1) is 9.26. The fourth-order valence-electron chi connectivity index (χ4n) is 2.42. The van der Waals surface area contributed by atoms with Crippen molar-refractivity contribution in [2.45, 2.75) is 19.1 Å². The Balaban J connectivity index is 2.16. The number of nitrogens with zero attached hydrogens (tertiary/aromatic N) is 1. The van der Waals surface area contributed by atoms with Gasteiger partial charge in [0.25, 0.3) is 0 Å². The van der Waals surface area contributed by atoms with Crippen LogP contribution >= 0.6 is 0 Å². The van der Waals surface area contributed by atoms with Crippen LogP contribution in [0, 0.1) is 11.2 Å². The number of aliphatic carboxylic acids is 1. The molecule has 0 aromatic heterocycles. The largest absolute Gasteiger partial charge is 0.481 e. The van der Waals surface area contributed by atoms with E-state index in [-0.39, 0.29) is 18.7 Å². The summed E-state index contributed by atoms with van der Waals surface area (Å²) in [6, 6.07) is 5.77. The molecule has 110 valence electrons. The van der Waals surface area contributed by atoms with Crippen molar-refractivity contribution in [3.8, 4) is 0 Å². The number of likely N-dealkylation sites (tertiary alicyclic amines) is 1. The van der Waals surface area contributed by atoms with E-state index < -0.39 is 36.3 Å². The zero-order chi connectivity index (χ0) is 15.0. The highest BCUT2D eigenvalue weighted by atomic mass is 19.4. The molecule has 0 saturated carbocycles. The second-order valence-electron chi connectivity index (χ2n) is 4.94. The molecule has 0 spiro atoms. The maximum atomic E-state index is 13.5. The first-order valence-corrected chi connectivity index (χ1v) is 6.02. The van der Waals surface area contributed by atoms with Gasteiger partial charge in [0.1, 0.15) is 5.82 Å². The Kier molecular flexibility index (Phi) is 3.73. The van der Waals surface area contributed by atoms with Crippen LogP contribution in [0.2, 0.25) is 0 Å². The van der Waals surface area contributed by atoms with Crippen molar-refractivity contribution in [1.29, 1.82) is 0 Å². The van der Waals surface area contributed by atoms with Gasteiger partial charge in [-0.1, -0.05) is 18.2 Å². The molecule has 1 aliphatic rings. The van der Waals surface area contributed by atoms with E-state index in [4.69, 9.17) is 5.11 Å². The molecule has 1 saturated heterocycles. The Morgan fingerprint density at radius 3 is 2.50 bits per heavy atom. The fourth-order valence-corrected chi connectivity index (χ4v) is 2.42. The van der Waals surface area contributed by atoms with Crippen LogP contribution in [0.15, 0.2) is 24.3 Å². The molecule has 3 nitrogen and oxygen atoms in total. The minimum Gasteiger partial charge on any atom is -0.481 e. The first kappa shape index (κ1) is 14.8. The van der Waals surface area contributed by atoms with Crippen molar-refractivity contribution in [3.63, 3.8) is 0 Å². The molecule has 0 radical (unpaired) electrons. The highest BCUT2D eigenvalue weighted by Crippen LogP contribution is 2.46. The van der Waals surface area contributed by atoms with Gasteiger partial charge in [0.15, 0.2) is 5.41 Å². The van der Waals surface area contributed by atoms with E-state index in [9.17, 15) is 22.4 Å². The topological polar surface area (TPSA) is 40.5 Å². The van der Waals surface area contributed by atoms with Gasteiger partial charge >= 0.3 is 12.1 Å². The molecule has 1 aromatic rings. The van der Waals surface area contributed by atoms with Crippen molar-refractivity contribution < 1.29 is 27.5 Å². The second-order valence-corrected chi connectivity index (χ2v) is 4.94. The standard InChI is InChI=1S/C13H13F4NO2/c14-10-4-2-1-3-9(10)7-18-6-5-12(8-18,11(19)20)13(15,16)17/h1-4H,5-8H2,(H,19,20). The number of rotatable bonds is 3. The molecule has 1 unspecified atom stereocenters. The predicted octanol–water partition coefficient (Wildman–Crippen LogP) is 2.66. The summed E-state index contributed by atoms with van der Waals surface area (Å²) in [5.74, 6) is -2.38. The van der Waals surface area contributed by atoms with Crippen LogP contribution in [0.4, 0.5) is 17.6 Å². The Labute approximate surface area is 112 Å². The molecule has 1 N–H and O–H groups in total. The van der Waals surface area contributed by atoms with Crippen molar-refractivity contribution in [3.05, 3.63) is 35.6 Å².